The van der Waals surface area contributed by atoms with Gasteiger partial charge in [-0.2, -0.15) is 16.8 Å². The number of rotatable bonds is 12. The second-order valence-electron chi connectivity index (χ2n) is 9.76. The first-order chi connectivity index (χ1) is 21.2. The maximum atomic E-state index is 12.0. The van der Waals surface area contributed by atoms with Crippen molar-refractivity contribution in [2.45, 2.75) is 48.8 Å². The molecule has 1 aliphatic heterocycles. The number of aliphatic hydroxyl groups excluding tert-OH is 1. The standard InChI is InChI=1S/C15H22N6O11S3.C7H8O3S/c1-33(3-2-7(16)15(23)24)4-8-11(31-35(28,29)32-34(25,26)27)10(22)14(30-8)21-6-20-9-12(17)18-5-19-13(9)21;1-6-2-4-7(5-3-6)11(8,9)10/h5-8,10-11,14,22H,2-4,16H2,1H3,(H3-,17,18,19,23,24,25,26,27);2-5H,1H3,(H,8,9,10)/t7-,8+,10+,11+,14+,33?;/m0./s1. The molecule has 256 valence electrons. The number of carboxylic acid groups (broad SMARTS) is 1. The summed E-state index contributed by atoms with van der Waals surface area (Å²) in [5.74, 6) is -0.750. The van der Waals surface area contributed by atoms with Crippen molar-refractivity contribution in [3.63, 3.8) is 0 Å². The number of nitrogens with zero attached hydrogens (tertiary/aromatic N) is 4. The molecule has 1 aromatic carbocycles. The van der Waals surface area contributed by atoms with E-state index < -0.39 is 78.4 Å². The SMILES string of the molecule is C[S+](CC[C@H](N)C(=O)O)C[C@H]1O[C@@H](n2cnc3c(N)ncnc32)[C@H](O)[C@@H]1OS(=O)(=O)OS(=O)(=O)O.Cc1ccc(S(=O)(=O)[O-])cc1. The Morgan fingerprint density at radius 3 is 2.35 bits per heavy atom. The van der Waals surface area contributed by atoms with Crippen LogP contribution in [0.15, 0.2) is 41.8 Å². The van der Waals surface area contributed by atoms with Crippen LogP contribution < -0.4 is 11.5 Å². The van der Waals surface area contributed by atoms with Gasteiger partial charge < -0.3 is 31.0 Å². The highest BCUT2D eigenvalue weighted by molar-refractivity contribution is 7.96. The lowest BCUT2D eigenvalue weighted by atomic mass is 10.1. The van der Waals surface area contributed by atoms with Crippen LogP contribution in [0.1, 0.15) is 18.2 Å². The molecule has 4 rings (SSSR count). The van der Waals surface area contributed by atoms with Crippen molar-refractivity contribution < 1.29 is 61.9 Å². The van der Waals surface area contributed by atoms with Crippen molar-refractivity contribution in [3.05, 3.63) is 42.5 Å². The Kier molecular flexibility index (Phi) is 12.0. The molecule has 1 fully saturated rings. The number of aromatic nitrogens is 4. The fourth-order valence-electron chi connectivity index (χ4n) is 4.04. The number of aryl methyl sites for hydroxylation is 1. The lowest BCUT2D eigenvalue weighted by Gasteiger charge is -2.19. The molecule has 0 aliphatic carbocycles. The molecule has 24 heteroatoms. The smallest absolute Gasteiger partial charge is 0.416 e. The molecule has 6 atom stereocenters. The summed E-state index contributed by atoms with van der Waals surface area (Å²) >= 11 is 0. The number of nitrogen functional groups attached to an aromatic ring is 1. The summed E-state index contributed by atoms with van der Waals surface area (Å²) in [5, 5.41) is 19.8. The van der Waals surface area contributed by atoms with Gasteiger partial charge in [-0.3, -0.25) is 13.9 Å². The van der Waals surface area contributed by atoms with Crippen molar-refractivity contribution >= 4 is 64.8 Å². The van der Waals surface area contributed by atoms with Crippen LogP contribution in [0.5, 0.6) is 0 Å². The van der Waals surface area contributed by atoms with E-state index in [0.717, 1.165) is 11.9 Å². The van der Waals surface area contributed by atoms with Crippen LogP contribution in [0.4, 0.5) is 5.82 Å². The Hall–Kier alpha value is -3.04. The Labute approximate surface area is 266 Å². The number of ether oxygens (including phenoxy) is 1. The molecule has 20 nitrogen and oxygen atoms in total. The number of anilines is 1. The zero-order valence-electron chi connectivity index (χ0n) is 23.9. The topological polar surface area (TPSA) is 327 Å². The quantitative estimate of drug-likeness (QED) is 0.1000. The third-order valence-electron chi connectivity index (χ3n) is 6.22. The number of aliphatic hydroxyl groups is 1. The molecule has 46 heavy (non-hydrogen) atoms. The van der Waals surface area contributed by atoms with Gasteiger partial charge in [-0.05, 0) is 30.0 Å². The summed E-state index contributed by atoms with van der Waals surface area (Å²) in [6, 6.07) is 4.68. The predicted octanol–water partition coefficient (Wildman–Crippen LogP) is -1.93. The zero-order chi connectivity index (χ0) is 34.6. The van der Waals surface area contributed by atoms with E-state index in [4.69, 9.17) is 30.0 Å². The average molecular weight is 731 g/mol. The highest BCUT2D eigenvalue weighted by Gasteiger charge is 2.51. The van der Waals surface area contributed by atoms with Crippen LogP contribution in [-0.4, -0.2) is 112 Å². The van der Waals surface area contributed by atoms with Gasteiger partial charge in [-0.1, -0.05) is 17.7 Å². The van der Waals surface area contributed by atoms with Gasteiger partial charge in [0.25, 0.3) is 0 Å². The molecule has 0 amide bonds. The van der Waals surface area contributed by atoms with Crippen molar-refractivity contribution in [1.82, 2.24) is 19.5 Å². The van der Waals surface area contributed by atoms with E-state index in [2.05, 4.69) is 18.6 Å². The van der Waals surface area contributed by atoms with Gasteiger partial charge >= 0.3 is 26.8 Å². The van der Waals surface area contributed by atoms with E-state index >= 15 is 0 Å². The van der Waals surface area contributed by atoms with Gasteiger partial charge in [0.2, 0.25) is 0 Å². The van der Waals surface area contributed by atoms with E-state index in [9.17, 15) is 39.7 Å². The lowest BCUT2D eigenvalue weighted by Crippen LogP contribution is -2.41. The summed E-state index contributed by atoms with van der Waals surface area (Å²) in [6.45, 7) is 1.82. The van der Waals surface area contributed by atoms with Crippen LogP contribution in [0.25, 0.3) is 11.2 Å². The molecule has 3 heterocycles. The maximum absolute atomic E-state index is 12.0. The third kappa shape index (κ3) is 10.2. The first kappa shape index (κ1) is 37.4. The number of hydrogen-bond donors (Lipinski definition) is 5. The van der Waals surface area contributed by atoms with Crippen LogP contribution >= 0.6 is 0 Å². The van der Waals surface area contributed by atoms with Gasteiger partial charge in [0.1, 0.15) is 57.8 Å². The monoisotopic (exact) mass is 730 g/mol. The molecule has 1 saturated heterocycles. The molecular weight excluding hydrogens is 701 g/mol. The first-order valence-corrected chi connectivity index (χ1v) is 18.7. The molecular formula is C22H30N6O14S4. The molecule has 0 radical (unpaired) electrons. The Morgan fingerprint density at radius 1 is 1.15 bits per heavy atom. The fourth-order valence-corrected chi connectivity index (χ4v) is 7.64. The summed E-state index contributed by atoms with van der Waals surface area (Å²) in [6.07, 6.45) is -1.64. The maximum Gasteiger partial charge on any atom is 0.416 e. The number of fused-ring (bicyclic) bond motifs is 1. The second-order valence-corrected chi connectivity index (χ2v) is 15.8. The molecule has 1 unspecified atom stereocenters. The van der Waals surface area contributed by atoms with Gasteiger partial charge in [0.05, 0.1) is 17.5 Å². The molecule has 0 saturated carbocycles. The second kappa shape index (κ2) is 14.8. The van der Waals surface area contributed by atoms with Gasteiger partial charge in [-0.15, -0.1) is 3.63 Å². The van der Waals surface area contributed by atoms with E-state index in [1.54, 1.807) is 18.4 Å². The number of aliphatic carboxylic acids is 1. The Balaban J connectivity index is 0.000000441. The normalized spacial score (nSPS) is 21.8. The lowest BCUT2D eigenvalue weighted by molar-refractivity contribution is -0.138. The molecule has 1 aliphatic rings. The fraction of sp³-hybridized carbons (Fsp3) is 0.455. The third-order valence-corrected chi connectivity index (χ3v) is 10.7. The summed E-state index contributed by atoms with van der Waals surface area (Å²) in [7, 11) is -15.7. The number of benzene rings is 1. The summed E-state index contributed by atoms with van der Waals surface area (Å²) in [5.41, 5.74) is 12.5. The Morgan fingerprint density at radius 2 is 1.78 bits per heavy atom. The van der Waals surface area contributed by atoms with E-state index in [-0.39, 0.29) is 34.1 Å². The predicted molar refractivity (Wildman–Crippen MR) is 158 cm³/mol. The number of carbonyl (C=O) groups is 1. The highest BCUT2D eigenvalue weighted by atomic mass is 32.3. The number of carboxylic acids is 1. The van der Waals surface area contributed by atoms with Gasteiger partial charge in [0, 0.05) is 6.42 Å². The first-order valence-electron chi connectivity index (χ1n) is 12.7. The van der Waals surface area contributed by atoms with E-state index in [1.807, 2.05) is 6.92 Å². The molecule has 0 bridgehead atoms. The minimum atomic E-state index is -5.45. The zero-order valence-corrected chi connectivity index (χ0v) is 27.1. The van der Waals surface area contributed by atoms with Crippen LogP contribution in [0.2, 0.25) is 0 Å². The number of nitrogens with two attached hydrogens (primary N) is 2. The van der Waals surface area contributed by atoms with Gasteiger partial charge in [-0.25, -0.2) is 27.6 Å². The molecule has 2 aromatic heterocycles. The Bertz CT molecular complexity index is 1850. The molecule has 7 N–H and O–H groups in total. The van der Waals surface area contributed by atoms with Crippen molar-refractivity contribution in [3.8, 4) is 0 Å². The minimum absolute atomic E-state index is 0.0413. The van der Waals surface area contributed by atoms with Crippen molar-refractivity contribution in [1.29, 1.82) is 0 Å². The summed E-state index contributed by atoms with van der Waals surface area (Å²) < 4.78 is 101. The number of imidazole rings is 1. The van der Waals surface area contributed by atoms with E-state index in [0.29, 0.717) is 5.75 Å². The van der Waals surface area contributed by atoms with Crippen LogP contribution in [-0.2, 0) is 59.2 Å². The van der Waals surface area contributed by atoms with Gasteiger partial charge in [0.15, 0.2) is 17.7 Å². The number of hydrogen-bond acceptors (Lipinski definition) is 17. The molecule has 3 aromatic rings. The highest BCUT2D eigenvalue weighted by Crippen LogP contribution is 2.35. The summed E-state index contributed by atoms with van der Waals surface area (Å²) in [4.78, 5) is 22.7. The average Bonchev–Trinajstić information content (AvgIpc) is 3.47. The van der Waals surface area contributed by atoms with E-state index in [1.165, 1.54) is 23.0 Å². The largest absolute Gasteiger partial charge is 0.744 e. The van der Waals surface area contributed by atoms with Crippen LogP contribution in [0.3, 0.4) is 0 Å². The minimum Gasteiger partial charge on any atom is -0.744 e. The van der Waals surface area contributed by atoms with Crippen molar-refractivity contribution in [2.24, 2.45) is 5.73 Å². The van der Waals surface area contributed by atoms with Crippen molar-refractivity contribution in [2.75, 3.05) is 23.5 Å². The molecule has 0 spiro atoms. The van der Waals surface area contributed by atoms with Crippen LogP contribution in [0, 0.1) is 6.92 Å².